The van der Waals surface area contributed by atoms with E-state index in [1.807, 2.05) is 0 Å². The SMILES string of the molecule is C[C@H](C(=O)n1cccc1)N(NC(=O)N1CCOC1=O)OC(=O)CC(Cl)(Cl)Cl. The van der Waals surface area contributed by atoms with Crippen molar-refractivity contribution in [1.82, 2.24) is 20.1 Å². The highest BCUT2D eigenvalue weighted by Gasteiger charge is 2.35. The number of nitrogens with zero attached hydrogens (tertiary/aromatic N) is 3. The van der Waals surface area contributed by atoms with Gasteiger partial charge in [-0.05, 0) is 24.2 Å². The van der Waals surface area contributed by atoms with Crippen LogP contribution in [0.15, 0.2) is 24.5 Å². The van der Waals surface area contributed by atoms with Crippen LogP contribution in [0.2, 0.25) is 0 Å². The maximum Gasteiger partial charge on any atom is 0.418 e. The molecule has 0 saturated carbocycles. The number of rotatable bonds is 5. The number of urea groups is 1. The zero-order valence-corrected chi connectivity index (χ0v) is 16.2. The lowest BCUT2D eigenvalue weighted by Crippen LogP contribution is -2.55. The zero-order valence-electron chi connectivity index (χ0n) is 13.9. The molecular formula is C14H15Cl3N4O6. The third-order valence-corrected chi connectivity index (χ3v) is 3.73. The second kappa shape index (κ2) is 8.79. The summed E-state index contributed by atoms with van der Waals surface area (Å²) in [5, 5.41) is 0.592. The van der Waals surface area contributed by atoms with Crippen LogP contribution in [0.4, 0.5) is 9.59 Å². The Morgan fingerprint density at radius 2 is 1.96 bits per heavy atom. The number of ether oxygens (including phenoxy) is 1. The van der Waals surface area contributed by atoms with Gasteiger partial charge in [0.15, 0.2) is 0 Å². The van der Waals surface area contributed by atoms with Gasteiger partial charge in [-0.15, -0.1) is 0 Å². The van der Waals surface area contributed by atoms with Crippen molar-refractivity contribution in [2.75, 3.05) is 13.2 Å². The van der Waals surface area contributed by atoms with E-state index in [2.05, 4.69) is 10.2 Å². The maximum absolute atomic E-state index is 12.5. The number of hydrazine groups is 1. The number of hydrogen-bond acceptors (Lipinski definition) is 7. The summed E-state index contributed by atoms with van der Waals surface area (Å²) < 4.78 is 3.95. The summed E-state index contributed by atoms with van der Waals surface area (Å²) in [4.78, 5) is 53.9. The van der Waals surface area contributed by atoms with Gasteiger partial charge < -0.3 is 9.57 Å². The molecule has 0 unspecified atom stereocenters. The lowest BCUT2D eigenvalue weighted by Gasteiger charge is -2.28. The third-order valence-electron chi connectivity index (χ3n) is 3.32. The van der Waals surface area contributed by atoms with E-state index in [4.69, 9.17) is 39.6 Å². The predicted molar refractivity (Wildman–Crippen MR) is 93.9 cm³/mol. The fourth-order valence-electron chi connectivity index (χ4n) is 2.03. The molecular weight excluding hydrogens is 427 g/mol. The average Bonchev–Trinajstić information content (AvgIpc) is 3.22. The van der Waals surface area contributed by atoms with Crippen molar-refractivity contribution in [2.24, 2.45) is 0 Å². The molecule has 2 heterocycles. The molecule has 0 spiro atoms. The summed E-state index contributed by atoms with van der Waals surface area (Å²) in [7, 11) is 0. The highest BCUT2D eigenvalue weighted by molar-refractivity contribution is 6.68. The summed E-state index contributed by atoms with van der Waals surface area (Å²) in [5.41, 5.74) is 2.16. The van der Waals surface area contributed by atoms with Gasteiger partial charge in [0.25, 0.3) is 5.91 Å². The minimum Gasteiger partial charge on any atom is -0.447 e. The van der Waals surface area contributed by atoms with Crippen molar-refractivity contribution in [2.45, 2.75) is 23.2 Å². The minimum atomic E-state index is -1.93. The van der Waals surface area contributed by atoms with Gasteiger partial charge in [0.1, 0.15) is 12.6 Å². The number of nitrogens with one attached hydrogen (secondary N) is 1. The van der Waals surface area contributed by atoms with E-state index in [-0.39, 0.29) is 13.2 Å². The van der Waals surface area contributed by atoms with Crippen molar-refractivity contribution in [3.8, 4) is 0 Å². The summed E-state index contributed by atoms with van der Waals surface area (Å²) in [6, 6.07) is 1.11. The maximum atomic E-state index is 12.5. The van der Waals surface area contributed by atoms with Crippen molar-refractivity contribution in [3.63, 3.8) is 0 Å². The molecule has 13 heteroatoms. The first-order valence-electron chi connectivity index (χ1n) is 7.57. The molecule has 1 N–H and O–H groups in total. The molecule has 27 heavy (non-hydrogen) atoms. The van der Waals surface area contributed by atoms with Gasteiger partial charge >= 0.3 is 18.1 Å². The van der Waals surface area contributed by atoms with Gasteiger partial charge in [-0.2, -0.15) is 0 Å². The lowest BCUT2D eigenvalue weighted by atomic mass is 10.3. The van der Waals surface area contributed by atoms with Crippen LogP contribution in [0.1, 0.15) is 18.1 Å². The van der Waals surface area contributed by atoms with Crippen LogP contribution >= 0.6 is 34.8 Å². The molecule has 148 valence electrons. The molecule has 0 aromatic carbocycles. The van der Waals surface area contributed by atoms with Gasteiger partial charge in [0.2, 0.25) is 3.79 Å². The Labute approximate surface area is 168 Å². The molecule has 3 amide bonds. The second-order valence-corrected chi connectivity index (χ2v) is 7.88. The molecule has 1 fully saturated rings. The molecule has 2 rings (SSSR count). The first-order valence-corrected chi connectivity index (χ1v) is 8.71. The topological polar surface area (TPSA) is 110 Å². The average molecular weight is 442 g/mol. The number of carbonyl (C=O) groups is 4. The molecule has 10 nitrogen and oxygen atoms in total. The highest BCUT2D eigenvalue weighted by Crippen LogP contribution is 2.30. The fourth-order valence-corrected chi connectivity index (χ4v) is 2.36. The van der Waals surface area contributed by atoms with E-state index in [1.165, 1.54) is 23.9 Å². The van der Waals surface area contributed by atoms with Gasteiger partial charge in [-0.1, -0.05) is 34.8 Å². The van der Waals surface area contributed by atoms with Crippen LogP contribution in [0, 0.1) is 0 Å². The van der Waals surface area contributed by atoms with Gasteiger partial charge in [-0.3, -0.25) is 14.2 Å². The van der Waals surface area contributed by atoms with E-state index in [9.17, 15) is 19.2 Å². The first kappa shape index (κ1) is 21.3. The van der Waals surface area contributed by atoms with Crippen molar-refractivity contribution < 1.29 is 28.8 Å². The molecule has 1 aromatic rings. The van der Waals surface area contributed by atoms with Crippen molar-refractivity contribution in [1.29, 1.82) is 0 Å². The molecule has 1 aliphatic rings. The monoisotopic (exact) mass is 440 g/mol. The fraction of sp³-hybridized carbons (Fsp3) is 0.429. The quantitative estimate of drug-likeness (QED) is 0.550. The summed E-state index contributed by atoms with van der Waals surface area (Å²) >= 11 is 16.6. The molecule has 1 saturated heterocycles. The van der Waals surface area contributed by atoms with Gasteiger partial charge in [0.05, 0.1) is 13.0 Å². The Kier molecular flexibility index (Phi) is 6.93. The van der Waals surface area contributed by atoms with Crippen molar-refractivity contribution >= 4 is 58.8 Å². The number of halogens is 3. The van der Waals surface area contributed by atoms with Crippen LogP contribution in [0.3, 0.4) is 0 Å². The molecule has 1 aliphatic heterocycles. The summed E-state index contributed by atoms with van der Waals surface area (Å²) in [6.45, 7) is 1.39. The number of cyclic esters (lactones) is 1. The zero-order chi connectivity index (χ0) is 20.2. The summed E-state index contributed by atoms with van der Waals surface area (Å²) in [5.74, 6) is -1.56. The summed E-state index contributed by atoms with van der Waals surface area (Å²) in [6.07, 6.45) is 1.43. The molecule has 0 aliphatic carbocycles. The first-order chi connectivity index (χ1) is 12.6. The Morgan fingerprint density at radius 1 is 1.33 bits per heavy atom. The van der Waals surface area contributed by atoms with Crippen LogP contribution in [0.5, 0.6) is 0 Å². The highest BCUT2D eigenvalue weighted by atomic mass is 35.6. The van der Waals surface area contributed by atoms with Crippen LogP contribution in [-0.4, -0.2) is 61.6 Å². The molecule has 1 atom stereocenters. The van der Waals surface area contributed by atoms with E-state index < -0.39 is 40.3 Å². The minimum absolute atomic E-state index is 0.000528. The number of amides is 3. The van der Waals surface area contributed by atoms with Crippen LogP contribution in [-0.2, 0) is 14.4 Å². The van der Waals surface area contributed by atoms with Crippen LogP contribution in [0.25, 0.3) is 0 Å². The lowest BCUT2D eigenvalue weighted by molar-refractivity contribution is -0.209. The Balaban J connectivity index is 2.14. The van der Waals surface area contributed by atoms with Gasteiger partial charge in [0, 0.05) is 12.4 Å². The third kappa shape index (κ3) is 5.99. The van der Waals surface area contributed by atoms with Crippen LogP contribution < -0.4 is 5.43 Å². The number of alkyl halides is 3. The Bertz CT molecular complexity index is 721. The Hall–Kier alpha value is -2.01. The van der Waals surface area contributed by atoms with E-state index >= 15 is 0 Å². The van der Waals surface area contributed by atoms with E-state index in [0.29, 0.717) is 5.17 Å². The molecule has 0 radical (unpaired) electrons. The molecule has 0 bridgehead atoms. The van der Waals surface area contributed by atoms with Gasteiger partial charge in [-0.25, -0.2) is 19.9 Å². The van der Waals surface area contributed by atoms with E-state index in [0.717, 1.165) is 4.90 Å². The molecule has 1 aromatic heterocycles. The van der Waals surface area contributed by atoms with E-state index in [1.54, 1.807) is 12.1 Å². The number of imide groups is 1. The van der Waals surface area contributed by atoms with Crippen molar-refractivity contribution in [3.05, 3.63) is 24.5 Å². The number of carbonyl (C=O) groups excluding carboxylic acids is 4. The normalized spacial score (nSPS) is 15.4. The second-order valence-electron chi connectivity index (χ2n) is 5.37. The number of hydrogen-bond donors (Lipinski definition) is 1. The standard InChI is InChI=1S/C14H15Cl3N4O6/c1-9(11(23)19-4-2-3-5-19)21(27-10(22)8-14(15,16)17)18-12(24)20-6-7-26-13(20)25/h2-5,9H,6-8H2,1H3,(H,18,24)/t9-/m1/s1. The Morgan fingerprint density at radius 3 is 2.48 bits per heavy atom. The number of aromatic nitrogens is 1. The largest absolute Gasteiger partial charge is 0.447 e. The smallest absolute Gasteiger partial charge is 0.418 e. The predicted octanol–water partition coefficient (Wildman–Crippen LogP) is 2.11. The number of hydroxylamine groups is 1.